The summed E-state index contributed by atoms with van der Waals surface area (Å²) >= 11 is 9.84. The number of carbonyl (C=O) groups excluding carboxylic acids is 2. The quantitative estimate of drug-likeness (QED) is 0.254. The van der Waals surface area contributed by atoms with E-state index in [-0.39, 0.29) is 11.8 Å². The summed E-state index contributed by atoms with van der Waals surface area (Å²) in [7, 11) is 0. The molecule has 1 heterocycles. The van der Waals surface area contributed by atoms with Crippen LogP contribution in [0.3, 0.4) is 0 Å². The minimum atomic E-state index is -0.243. The molecule has 178 valence electrons. The molecule has 1 aliphatic rings. The molecule has 3 aromatic carbocycles. The van der Waals surface area contributed by atoms with Crippen molar-refractivity contribution in [3.8, 4) is 17.2 Å². The lowest BCUT2D eigenvalue weighted by atomic mass is 10.1. The van der Waals surface area contributed by atoms with Crippen molar-refractivity contribution in [2.45, 2.75) is 13.5 Å². The van der Waals surface area contributed by atoms with Crippen molar-refractivity contribution in [2.24, 2.45) is 0 Å². The molecule has 0 aromatic heterocycles. The highest BCUT2D eigenvalue weighted by atomic mass is 79.9. The van der Waals surface area contributed by atoms with Gasteiger partial charge in [0.2, 0.25) is 0 Å². The average molecular weight is 570 g/mol. The molecule has 1 aliphatic heterocycles. The summed E-state index contributed by atoms with van der Waals surface area (Å²) in [6.07, 6.45) is 1.74. The van der Waals surface area contributed by atoms with Gasteiger partial charge >= 0.3 is 0 Å². The molecule has 0 radical (unpaired) electrons. The van der Waals surface area contributed by atoms with Crippen molar-refractivity contribution in [1.29, 1.82) is 0 Å². The summed E-state index contributed by atoms with van der Waals surface area (Å²) < 4.78 is 13.6. The first-order valence-corrected chi connectivity index (χ1v) is 12.8. The average Bonchev–Trinajstić information content (AvgIpc) is 3.16. The molecule has 9 heteroatoms. The Morgan fingerprint density at radius 3 is 2.63 bits per heavy atom. The van der Waals surface area contributed by atoms with Crippen LogP contribution < -0.4 is 20.1 Å². The van der Waals surface area contributed by atoms with E-state index in [4.69, 9.17) is 21.7 Å². The third-order valence-corrected chi connectivity index (χ3v) is 6.89. The molecular weight excluding hydrogens is 548 g/mol. The van der Waals surface area contributed by atoms with E-state index in [1.54, 1.807) is 42.5 Å². The zero-order chi connectivity index (χ0) is 24.8. The number of halogens is 1. The van der Waals surface area contributed by atoms with Crippen LogP contribution in [0, 0.1) is 0 Å². The van der Waals surface area contributed by atoms with E-state index in [0.717, 1.165) is 10.0 Å². The lowest BCUT2D eigenvalue weighted by molar-refractivity contribution is -0.115. The molecule has 4 rings (SSSR count). The summed E-state index contributed by atoms with van der Waals surface area (Å²) in [6, 6.07) is 20.1. The SMILES string of the molecule is CCNC(=O)c1ccccc1Oc1ccc(C=C2SC(=S)NC2=O)c(OCc2ccccc2Br)c1. The number of nitrogens with one attached hydrogen (secondary N) is 2. The Hall–Kier alpha value is -3.14. The fourth-order valence-corrected chi connectivity index (χ4v) is 4.72. The van der Waals surface area contributed by atoms with Crippen molar-refractivity contribution in [3.63, 3.8) is 0 Å². The van der Waals surface area contributed by atoms with Crippen LogP contribution in [-0.2, 0) is 11.4 Å². The molecule has 1 fully saturated rings. The predicted molar refractivity (Wildman–Crippen MR) is 146 cm³/mol. The van der Waals surface area contributed by atoms with E-state index < -0.39 is 0 Å². The van der Waals surface area contributed by atoms with E-state index >= 15 is 0 Å². The van der Waals surface area contributed by atoms with Crippen LogP contribution in [0.2, 0.25) is 0 Å². The monoisotopic (exact) mass is 568 g/mol. The molecule has 6 nitrogen and oxygen atoms in total. The molecule has 1 saturated heterocycles. The summed E-state index contributed by atoms with van der Waals surface area (Å²) in [5.41, 5.74) is 2.10. The van der Waals surface area contributed by atoms with Gasteiger partial charge in [0, 0.05) is 28.2 Å². The number of thiocarbonyl (C=S) groups is 1. The maximum atomic E-state index is 12.4. The Morgan fingerprint density at radius 1 is 1.11 bits per heavy atom. The summed E-state index contributed by atoms with van der Waals surface area (Å²) in [5.74, 6) is 0.984. The summed E-state index contributed by atoms with van der Waals surface area (Å²) in [4.78, 5) is 25.1. The van der Waals surface area contributed by atoms with Crippen molar-refractivity contribution < 1.29 is 19.1 Å². The van der Waals surface area contributed by atoms with Crippen LogP contribution in [0.5, 0.6) is 17.2 Å². The fraction of sp³-hybridized carbons (Fsp3) is 0.115. The van der Waals surface area contributed by atoms with Crippen molar-refractivity contribution in [3.05, 3.63) is 92.8 Å². The van der Waals surface area contributed by atoms with Crippen molar-refractivity contribution in [2.75, 3.05) is 6.54 Å². The standard InChI is InChI=1S/C26H21BrN2O4S2/c1-2-28-24(30)19-8-4-6-10-21(19)33-18-12-11-16(13-23-25(31)29-26(34)35-23)22(14-18)32-15-17-7-3-5-9-20(17)27/h3-14H,2,15H2,1H3,(H,28,30)(H,29,31,34). The topological polar surface area (TPSA) is 76.7 Å². The van der Waals surface area contributed by atoms with Gasteiger partial charge < -0.3 is 20.1 Å². The molecule has 0 aliphatic carbocycles. The zero-order valence-electron chi connectivity index (χ0n) is 18.7. The second kappa shape index (κ2) is 11.5. The molecule has 0 atom stereocenters. The highest BCUT2D eigenvalue weighted by Gasteiger charge is 2.23. The van der Waals surface area contributed by atoms with Crippen molar-refractivity contribution >= 4 is 62.1 Å². The fourth-order valence-electron chi connectivity index (χ4n) is 3.28. The van der Waals surface area contributed by atoms with Crippen LogP contribution in [-0.4, -0.2) is 22.7 Å². The lowest BCUT2D eigenvalue weighted by Crippen LogP contribution is -2.23. The number of carbonyl (C=O) groups is 2. The number of ether oxygens (including phenoxy) is 2. The van der Waals surface area contributed by atoms with Gasteiger partial charge in [-0.3, -0.25) is 9.59 Å². The van der Waals surface area contributed by atoms with E-state index in [1.807, 2.05) is 37.3 Å². The number of rotatable bonds is 8. The Kier molecular flexibility index (Phi) is 8.22. The molecular formula is C26H21BrN2O4S2. The number of thioether (sulfide) groups is 1. The first-order valence-electron chi connectivity index (χ1n) is 10.7. The predicted octanol–water partition coefficient (Wildman–Crippen LogP) is 6.06. The second-order valence-corrected chi connectivity index (χ2v) is 9.96. The normalized spacial score (nSPS) is 14.1. The lowest BCUT2D eigenvalue weighted by Gasteiger charge is -2.15. The van der Waals surface area contributed by atoms with Crippen LogP contribution in [0.4, 0.5) is 0 Å². The molecule has 0 saturated carbocycles. The zero-order valence-corrected chi connectivity index (χ0v) is 21.9. The Labute approximate surface area is 221 Å². The largest absolute Gasteiger partial charge is 0.488 e. The molecule has 2 N–H and O–H groups in total. The number of para-hydroxylation sites is 1. The van der Waals surface area contributed by atoms with Gasteiger partial charge in [0.25, 0.3) is 11.8 Å². The van der Waals surface area contributed by atoms with Gasteiger partial charge in [-0.05, 0) is 43.3 Å². The maximum absolute atomic E-state index is 12.4. The van der Waals surface area contributed by atoms with Crippen LogP contribution in [0.15, 0.2) is 76.1 Å². The van der Waals surface area contributed by atoms with Gasteiger partial charge in [-0.2, -0.15) is 0 Å². The van der Waals surface area contributed by atoms with Crippen LogP contribution in [0.1, 0.15) is 28.4 Å². The number of hydrogen-bond acceptors (Lipinski definition) is 6. The van der Waals surface area contributed by atoms with Crippen molar-refractivity contribution in [1.82, 2.24) is 10.6 Å². The van der Waals surface area contributed by atoms with E-state index in [2.05, 4.69) is 26.6 Å². The Balaban J connectivity index is 1.66. The molecule has 0 bridgehead atoms. The van der Waals surface area contributed by atoms with Gasteiger partial charge in [0.15, 0.2) is 0 Å². The Bertz CT molecular complexity index is 1330. The minimum Gasteiger partial charge on any atom is -0.488 e. The van der Waals surface area contributed by atoms with E-state index in [1.165, 1.54) is 11.8 Å². The van der Waals surface area contributed by atoms with Crippen LogP contribution >= 0.6 is 39.9 Å². The highest BCUT2D eigenvalue weighted by Crippen LogP contribution is 2.34. The third kappa shape index (κ3) is 6.30. The molecule has 3 aromatic rings. The maximum Gasteiger partial charge on any atom is 0.263 e. The number of hydrogen-bond donors (Lipinski definition) is 2. The second-order valence-electron chi connectivity index (χ2n) is 7.39. The van der Waals surface area contributed by atoms with Gasteiger partial charge in [-0.25, -0.2) is 0 Å². The van der Waals surface area contributed by atoms with Crippen LogP contribution in [0.25, 0.3) is 6.08 Å². The highest BCUT2D eigenvalue weighted by molar-refractivity contribution is 9.10. The van der Waals surface area contributed by atoms with Gasteiger partial charge in [-0.15, -0.1) is 0 Å². The minimum absolute atomic E-state index is 0.213. The number of benzene rings is 3. The third-order valence-electron chi connectivity index (χ3n) is 4.95. The van der Waals surface area contributed by atoms with E-state index in [0.29, 0.717) is 50.8 Å². The van der Waals surface area contributed by atoms with E-state index in [9.17, 15) is 9.59 Å². The molecule has 0 spiro atoms. The molecule has 35 heavy (non-hydrogen) atoms. The first kappa shape index (κ1) is 25.0. The first-order chi connectivity index (χ1) is 16.9. The van der Waals surface area contributed by atoms with Gasteiger partial charge in [-0.1, -0.05) is 70.2 Å². The van der Waals surface area contributed by atoms with Gasteiger partial charge in [0.05, 0.1) is 10.5 Å². The summed E-state index contributed by atoms with van der Waals surface area (Å²) in [5, 5.41) is 5.41. The molecule has 0 unspecified atom stereocenters. The Morgan fingerprint density at radius 2 is 1.89 bits per heavy atom. The smallest absolute Gasteiger partial charge is 0.263 e. The number of amides is 2. The summed E-state index contributed by atoms with van der Waals surface area (Å²) in [6.45, 7) is 2.67. The van der Waals surface area contributed by atoms with Gasteiger partial charge in [0.1, 0.15) is 28.2 Å². The molecule has 2 amide bonds.